The van der Waals surface area contributed by atoms with Gasteiger partial charge < -0.3 is 39.4 Å². The Morgan fingerprint density at radius 3 is 1.84 bits per heavy atom. The standard InChI is InChI=1S/C33H40N2O8/c1-24(37)35-29-31(41-22-26-14-7-3-8-15-26)30(40-21-25-12-5-2-6-13-25)28(20-36)43-32(29)39-19-11-18-34-33(38)42-23-27-16-9-4-10-17-27/h2-10,12-17,28-32,36H,11,18-23H2,1H3,(H,34,38)(H,35,37)/t28-,29+,30-,31-,32-/m1/s1. The predicted octanol–water partition coefficient (Wildman–Crippen LogP) is 3.71. The molecule has 0 aliphatic carbocycles. The summed E-state index contributed by atoms with van der Waals surface area (Å²) in [5.41, 5.74) is 2.79. The lowest BCUT2D eigenvalue weighted by Crippen LogP contribution is -2.66. The largest absolute Gasteiger partial charge is 0.445 e. The Bertz CT molecular complexity index is 1230. The molecule has 1 heterocycles. The highest BCUT2D eigenvalue weighted by atomic mass is 16.7. The summed E-state index contributed by atoms with van der Waals surface area (Å²) in [5, 5.41) is 15.9. The van der Waals surface area contributed by atoms with E-state index < -0.39 is 36.7 Å². The average molecular weight is 593 g/mol. The van der Waals surface area contributed by atoms with E-state index in [1.165, 1.54) is 6.92 Å². The van der Waals surface area contributed by atoms with E-state index in [1.54, 1.807) is 0 Å². The summed E-state index contributed by atoms with van der Waals surface area (Å²) in [7, 11) is 0. The van der Waals surface area contributed by atoms with Gasteiger partial charge in [0.15, 0.2) is 6.29 Å². The smallest absolute Gasteiger partial charge is 0.407 e. The van der Waals surface area contributed by atoms with Crippen LogP contribution in [-0.4, -0.2) is 67.5 Å². The van der Waals surface area contributed by atoms with Crippen LogP contribution in [0.2, 0.25) is 0 Å². The second-order valence-electron chi connectivity index (χ2n) is 10.2. The Hall–Kier alpha value is -3.80. The van der Waals surface area contributed by atoms with Crippen LogP contribution in [-0.2, 0) is 48.3 Å². The first-order valence-electron chi connectivity index (χ1n) is 14.4. The molecule has 5 atom stereocenters. The number of carbonyl (C=O) groups is 2. The lowest BCUT2D eigenvalue weighted by molar-refractivity contribution is -0.288. The lowest BCUT2D eigenvalue weighted by Gasteiger charge is -2.45. The molecule has 10 heteroatoms. The fourth-order valence-corrected chi connectivity index (χ4v) is 4.75. The Kier molecular flexibility index (Phi) is 13.0. The number of benzene rings is 3. The van der Waals surface area contributed by atoms with E-state index in [1.807, 2.05) is 91.0 Å². The number of aliphatic hydroxyl groups is 1. The zero-order valence-corrected chi connectivity index (χ0v) is 24.3. The summed E-state index contributed by atoms with van der Waals surface area (Å²) >= 11 is 0. The highest BCUT2D eigenvalue weighted by molar-refractivity contribution is 5.73. The Balaban J connectivity index is 1.38. The van der Waals surface area contributed by atoms with Crippen LogP contribution in [0.25, 0.3) is 0 Å². The number of amides is 2. The van der Waals surface area contributed by atoms with Crippen molar-refractivity contribution in [3.8, 4) is 0 Å². The molecule has 1 saturated heterocycles. The number of aliphatic hydroxyl groups excluding tert-OH is 1. The summed E-state index contributed by atoms with van der Waals surface area (Å²) < 4.78 is 30.1. The quantitative estimate of drug-likeness (QED) is 0.228. The molecule has 43 heavy (non-hydrogen) atoms. The monoisotopic (exact) mass is 592 g/mol. The first-order chi connectivity index (χ1) is 21.0. The molecule has 0 unspecified atom stereocenters. The highest BCUT2D eigenvalue weighted by Gasteiger charge is 2.48. The molecule has 3 aromatic carbocycles. The van der Waals surface area contributed by atoms with Crippen molar-refractivity contribution in [2.75, 3.05) is 19.8 Å². The van der Waals surface area contributed by atoms with Crippen LogP contribution in [0.15, 0.2) is 91.0 Å². The molecule has 0 radical (unpaired) electrons. The number of hydrogen-bond acceptors (Lipinski definition) is 8. The van der Waals surface area contributed by atoms with Gasteiger partial charge in [0, 0.05) is 13.5 Å². The first kappa shape index (κ1) is 32.1. The molecule has 1 fully saturated rings. The van der Waals surface area contributed by atoms with E-state index in [9.17, 15) is 14.7 Å². The number of alkyl carbamates (subject to hydrolysis) is 1. The maximum absolute atomic E-state index is 12.3. The van der Waals surface area contributed by atoms with E-state index in [-0.39, 0.29) is 38.9 Å². The molecule has 230 valence electrons. The first-order valence-corrected chi connectivity index (χ1v) is 14.4. The van der Waals surface area contributed by atoms with Crippen molar-refractivity contribution >= 4 is 12.0 Å². The Morgan fingerprint density at radius 1 is 0.767 bits per heavy atom. The van der Waals surface area contributed by atoms with E-state index in [0.717, 1.165) is 16.7 Å². The molecule has 10 nitrogen and oxygen atoms in total. The second-order valence-corrected chi connectivity index (χ2v) is 10.2. The highest BCUT2D eigenvalue weighted by Crippen LogP contribution is 2.28. The minimum Gasteiger partial charge on any atom is -0.445 e. The van der Waals surface area contributed by atoms with Gasteiger partial charge in [-0.3, -0.25) is 4.79 Å². The fraction of sp³-hybridized carbons (Fsp3) is 0.394. The van der Waals surface area contributed by atoms with Gasteiger partial charge in [-0.05, 0) is 23.1 Å². The summed E-state index contributed by atoms with van der Waals surface area (Å²) in [5.74, 6) is -0.289. The minimum atomic E-state index is -0.927. The van der Waals surface area contributed by atoms with Crippen molar-refractivity contribution in [3.05, 3.63) is 108 Å². The van der Waals surface area contributed by atoms with Gasteiger partial charge in [0.2, 0.25) is 5.91 Å². The van der Waals surface area contributed by atoms with Crippen LogP contribution in [0.1, 0.15) is 30.0 Å². The molecule has 4 rings (SSSR count). The van der Waals surface area contributed by atoms with Gasteiger partial charge >= 0.3 is 6.09 Å². The molecule has 3 N–H and O–H groups in total. The third-order valence-electron chi connectivity index (χ3n) is 6.85. The molecule has 3 aromatic rings. The van der Waals surface area contributed by atoms with Crippen molar-refractivity contribution < 1.29 is 38.4 Å². The van der Waals surface area contributed by atoms with Gasteiger partial charge in [-0.15, -0.1) is 0 Å². The van der Waals surface area contributed by atoms with Crippen molar-refractivity contribution in [1.29, 1.82) is 0 Å². The van der Waals surface area contributed by atoms with Crippen molar-refractivity contribution in [1.82, 2.24) is 10.6 Å². The molecule has 0 bridgehead atoms. The normalized spacial score (nSPS) is 21.6. The zero-order chi connectivity index (χ0) is 30.3. The predicted molar refractivity (Wildman–Crippen MR) is 159 cm³/mol. The average Bonchev–Trinajstić information content (AvgIpc) is 3.03. The zero-order valence-electron chi connectivity index (χ0n) is 24.3. The van der Waals surface area contributed by atoms with Crippen molar-refractivity contribution in [3.63, 3.8) is 0 Å². The van der Waals surface area contributed by atoms with E-state index in [4.69, 9.17) is 23.7 Å². The third kappa shape index (κ3) is 10.5. The van der Waals surface area contributed by atoms with Crippen LogP contribution < -0.4 is 10.6 Å². The molecule has 0 saturated carbocycles. The molecule has 1 aliphatic heterocycles. The topological polar surface area (TPSA) is 125 Å². The van der Waals surface area contributed by atoms with Crippen LogP contribution >= 0.6 is 0 Å². The van der Waals surface area contributed by atoms with Gasteiger partial charge in [0.1, 0.15) is 31.0 Å². The van der Waals surface area contributed by atoms with Crippen LogP contribution in [0.5, 0.6) is 0 Å². The molecular weight excluding hydrogens is 552 g/mol. The number of carbonyl (C=O) groups excluding carboxylic acids is 2. The summed E-state index contributed by atoms with van der Waals surface area (Å²) in [6.45, 7) is 2.29. The van der Waals surface area contributed by atoms with Crippen molar-refractivity contribution in [2.24, 2.45) is 0 Å². The van der Waals surface area contributed by atoms with E-state index in [0.29, 0.717) is 13.0 Å². The summed E-state index contributed by atoms with van der Waals surface area (Å²) in [6, 6.07) is 28.0. The number of hydrogen-bond donors (Lipinski definition) is 3. The van der Waals surface area contributed by atoms with Gasteiger partial charge in [-0.1, -0.05) is 91.0 Å². The number of nitrogens with one attached hydrogen (secondary N) is 2. The Morgan fingerprint density at radius 2 is 1.30 bits per heavy atom. The van der Waals surface area contributed by atoms with Gasteiger partial charge in [0.05, 0.1) is 26.4 Å². The molecular formula is C33H40N2O8. The maximum atomic E-state index is 12.3. The van der Waals surface area contributed by atoms with Crippen LogP contribution in [0.4, 0.5) is 4.79 Å². The number of ether oxygens (including phenoxy) is 5. The fourth-order valence-electron chi connectivity index (χ4n) is 4.75. The maximum Gasteiger partial charge on any atom is 0.407 e. The molecule has 1 aliphatic rings. The summed E-state index contributed by atoms with van der Waals surface area (Å²) in [6.07, 6.45) is -3.17. The van der Waals surface area contributed by atoms with Gasteiger partial charge in [-0.2, -0.15) is 0 Å². The Labute approximate surface area is 252 Å². The van der Waals surface area contributed by atoms with Gasteiger partial charge in [-0.25, -0.2) is 4.79 Å². The van der Waals surface area contributed by atoms with E-state index >= 15 is 0 Å². The third-order valence-corrected chi connectivity index (χ3v) is 6.85. The number of rotatable bonds is 15. The molecule has 0 aromatic heterocycles. The molecule has 0 spiro atoms. The van der Waals surface area contributed by atoms with Crippen molar-refractivity contribution in [2.45, 2.75) is 63.8 Å². The van der Waals surface area contributed by atoms with Crippen LogP contribution in [0, 0.1) is 0 Å². The minimum absolute atomic E-state index is 0.178. The second kappa shape index (κ2) is 17.3. The van der Waals surface area contributed by atoms with Gasteiger partial charge in [0.25, 0.3) is 0 Å². The van der Waals surface area contributed by atoms with E-state index in [2.05, 4.69) is 10.6 Å². The summed E-state index contributed by atoms with van der Waals surface area (Å²) in [4.78, 5) is 24.4. The SMILES string of the molecule is CC(=O)N[C@@H]1[C@H](OCCCNC(=O)OCc2ccccc2)O[C@H](CO)[C@@H](OCc2ccccc2)[C@@H]1OCc1ccccc1. The van der Waals surface area contributed by atoms with Crippen LogP contribution in [0.3, 0.4) is 0 Å². The molecule has 2 amide bonds. The lowest BCUT2D eigenvalue weighted by atomic mass is 9.96.